The Kier molecular flexibility index (Phi) is 2.55. The van der Waals surface area contributed by atoms with Crippen LogP contribution >= 0.6 is 0 Å². The van der Waals surface area contributed by atoms with Gasteiger partial charge >= 0.3 is 0 Å². The summed E-state index contributed by atoms with van der Waals surface area (Å²) in [5.74, 6) is 0. The second-order valence-electron chi connectivity index (χ2n) is 3.57. The number of nitrogens with zero attached hydrogens (tertiary/aromatic N) is 2. The van der Waals surface area contributed by atoms with E-state index < -0.39 is 0 Å². The Morgan fingerprint density at radius 3 is 2.27 bits per heavy atom. The molecule has 1 aliphatic heterocycles. The molecular formula is C9H20N2. The Morgan fingerprint density at radius 1 is 1.27 bits per heavy atom. The maximum atomic E-state index is 2.55. The van der Waals surface area contributed by atoms with E-state index in [-0.39, 0.29) is 0 Å². The van der Waals surface area contributed by atoms with E-state index in [0.717, 1.165) is 0 Å². The van der Waals surface area contributed by atoms with Gasteiger partial charge in [-0.15, -0.1) is 0 Å². The quantitative estimate of drug-likeness (QED) is 0.596. The largest absolute Gasteiger partial charge is 0.287 e. The molecule has 1 fully saturated rings. The summed E-state index contributed by atoms with van der Waals surface area (Å²) in [5.41, 5.74) is 0.328. The summed E-state index contributed by atoms with van der Waals surface area (Å²) in [7, 11) is 2.22. The Labute approximate surface area is 70.2 Å². The van der Waals surface area contributed by atoms with Crippen molar-refractivity contribution in [3.63, 3.8) is 0 Å². The highest BCUT2D eigenvalue weighted by Gasteiger charge is 2.37. The first-order chi connectivity index (χ1) is 5.15. The van der Waals surface area contributed by atoms with Crippen LogP contribution in [0.5, 0.6) is 0 Å². The molecule has 0 bridgehead atoms. The molecule has 0 amide bonds. The fourth-order valence-electron chi connectivity index (χ4n) is 1.99. The smallest absolute Gasteiger partial charge is 0.0704 e. The molecule has 0 aromatic heterocycles. The van der Waals surface area contributed by atoms with Gasteiger partial charge < -0.3 is 0 Å². The van der Waals surface area contributed by atoms with Gasteiger partial charge in [-0.1, -0.05) is 13.8 Å². The lowest BCUT2D eigenvalue weighted by Crippen LogP contribution is -2.48. The topological polar surface area (TPSA) is 6.48 Å². The van der Waals surface area contributed by atoms with Gasteiger partial charge in [0.2, 0.25) is 0 Å². The van der Waals surface area contributed by atoms with Gasteiger partial charge in [0.25, 0.3) is 0 Å². The Balaban J connectivity index is 2.70. The second-order valence-corrected chi connectivity index (χ2v) is 3.57. The molecule has 2 nitrogen and oxygen atoms in total. The van der Waals surface area contributed by atoms with Crippen LogP contribution in [-0.2, 0) is 0 Å². The van der Waals surface area contributed by atoms with Crippen molar-refractivity contribution in [3.8, 4) is 0 Å². The molecule has 0 radical (unpaired) electrons. The summed E-state index contributed by atoms with van der Waals surface area (Å²) in [6, 6.07) is 0. The lowest BCUT2D eigenvalue weighted by molar-refractivity contribution is 0.0485. The SMILES string of the molecule is CCN1CCN(C)[C@]1(C)CC. The van der Waals surface area contributed by atoms with Crippen molar-refractivity contribution in [2.45, 2.75) is 32.9 Å². The van der Waals surface area contributed by atoms with E-state index in [4.69, 9.17) is 0 Å². The lowest BCUT2D eigenvalue weighted by Gasteiger charge is -2.38. The van der Waals surface area contributed by atoms with Crippen molar-refractivity contribution in [2.24, 2.45) is 0 Å². The van der Waals surface area contributed by atoms with Crippen LogP contribution in [0.15, 0.2) is 0 Å². The zero-order chi connectivity index (χ0) is 8.48. The molecule has 11 heavy (non-hydrogen) atoms. The molecule has 0 spiro atoms. The standard InChI is InChI=1S/C9H20N2/c1-5-9(3)10(4)7-8-11(9)6-2/h5-8H2,1-4H3/t9-/m0/s1. The maximum Gasteiger partial charge on any atom is 0.0704 e. The van der Waals surface area contributed by atoms with Crippen LogP contribution < -0.4 is 0 Å². The van der Waals surface area contributed by atoms with Gasteiger partial charge in [0.05, 0.1) is 5.66 Å². The third-order valence-electron chi connectivity index (χ3n) is 3.26. The first kappa shape index (κ1) is 9.01. The molecule has 1 saturated heterocycles. The third-order valence-corrected chi connectivity index (χ3v) is 3.26. The van der Waals surface area contributed by atoms with E-state index in [1.54, 1.807) is 0 Å². The van der Waals surface area contributed by atoms with Crippen LogP contribution in [-0.4, -0.2) is 42.1 Å². The molecule has 0 aliphatic carbocycles. The number of hydrogen-bond donors (Lipinski definition) is 0. The van der Waals surface area contributed by atoms with Gasteiger partial charge in [0.15, 0.2) is 0 Å². The Hall–Kier alpha value is -0.0800. The molecular weight excluding hydrogens is 136 g/mol. The zero-order valence-corrected chi connectivity index (χ0v) is 8.22. The molecule has 0 aromatic carbocycles. The van der Waals surface area contributed by atoms with Crippen LogP contribution in [0.25, 0.3) is 0 Å². The van der Waals surface area contributed by atoms with Crippen molar-refractivity contribution in [1.29, 1.82) is 0 Å². The lowest BCUT2D eigenvalue weighted by atomic mass is 10.1. The van der Waals surface area contributed by atoms with Crippen LogP contribution in [0.4, 0.5) is 0 Å². The van der Waals surface area contributed by atoms with E-state index in [9.17, 15) is 0 Å². The highest BCUT2D eigenvalue weighted by atomic mass is 15.4. The van der Waals surface area contributed by atoms with Crippen molar-refractivity contribution >= 4 is 0 Å². The van der Waals surface area contributed by atoms with Gasteiger partial charge in [-0.25, -0.2) is 0 Å². The third kappa shape index (κ3) is 1.30. The summed E-state index contributed by atoms with van der Waals surface area (Å²) in [5, 5.41) is 0. The van der Waals surface area contributed by atoms with Crippen LogP contribution in [0.1, 0.15) is 27.2 Å². The predicted molar refractivity (Wildman–Crippen MR) is 48.6 cm³/mol. The van der Waals surface area contributed by atoms with Gasteiger partial charge in [0.1, 0.15) is 0 Å². The van der Waals surface area contributed by atoms with Crippen LogP contribution in [0, 0.1) is 0 Å². The summed E-state index contributed by atoms with van der Waals surface area (Å²) >= 11 is 0. The summed E-state index contributed by atoms with van der Waals surface area (Å²) in [6.07, 6.45) is 1.22. The normalized spacial score (nSPS) is 34.9. The summed E-state index contributed by atoms with van der Waals surface area (Å²) in [4.78, 5) is 5.00. The predicted octanol–water partition coefficient (Wildman–Crippen LogP) is 1.38. The zero-order valence-electron chi connectivity index (χ0n) is 8.22. The molecule has 1 heterocycles. The molecule has 0 aromatic rings. The van der Waals surface area contributed by atoms with E-state index in [2.05, 4.69) is 37.6 Å². The average molecular weight is 156 g/mol. The van der Waals surface area contributed by atoms with Gasteiger partial charge in [0, 0.05) is 13.1 Å². The van der Waals surface area contributed by atoms with E-state index in [1.807, 2.05) is 0 Å². The molecule has 0 saturated carbocycles. The van der Waals surface area contributed by atoms with Crippen molar-refractivity contribution < 1.29 is 0 Å². The molecule has 0 N–H and O–H groups in total. The summed E-state index contributed by atoms with van der Waals surface area (Å²) < 4.78 is 0. The number of hydrogen-bond acceptors (Lipinski definition) is 2. The van der Waals surface area contributed by atoms with Gasteiger partial charge in [-0.3, -0.25) is 9.80 Å². The molecule has 0 unspecified atom stereocenters. The van der Waals surface area contributed by atoms with E-state index in [1.165, 1.54) is 26.1 Å². The van der Waals surface area contributed by atoms with Gasteiger partial charge in [-0.05, 0) is 26.9 Å². The van der Waals surface area contributed by atoms with Crippen LogP contribution in [0.3, 0.4) is 0 Å². The summed E-state index contributed by atoms with van der Waals surface area (Å²) in [6.45, 7) is 10.5. The Morgan fingerprint density at radius 2 is 1.91 bits per heavy atom. The number of rotatable bonds is 2. The van der Waals surface area contributed by atoms with Crippen LogP contribution in [0.2, 0.25) is 0 Å². The minimum Gasteiger partial charge on any atom is -0.287 e. The van der Waals surface area contributed by atoms with Gasteiger partial charge in [-0.2, -0.15) is 0 Å². The molecule has 2 heteroatoms. The number of likely N-dealkylation sites (N-methyl/N-ethyl adjacent to an activating group) is 2. The maximum absolute atomic E-state index is 2.55. The minimum atomic E-state index is 0.328. The fourth-order valence-corrected chi connectivity index (χ4v) is 1.99. The molecule has 66 valence electrons. The van der Waals surface area contributed by atoms with E-state index >= 15 is 0 Å². The van der Waals surface area contributed by atoms with Crippen molar-refractivity contribution in [3.05, 3.63) is 0 Å². The first-order valence-corrected chi connectivity index (χ1v) is 4.61. The molecule has 1 atom stereocenters. The average Bonchev–Trinajstić information content (AvgIpc) is 2.30. The monoisotopic (exact) mass is 156 g/mol. The first-order valence-electron chi connectivity index (χ1n) is 4.61. The highest BCUT2D eigenvalue weighted by molar-refractivity contribution is 4.89. The van der Waals surface area contributed by atoms with E-state index in [0.29, 0.717) is 5.66 Å². The van der Waals surface area contributed by atoms with Crippen molar-refractivity contribution in [1.82, 2.24) is 9.80 Å². The molecule has 1 rings (SSSR count). The minimum absolute atomic E-state index is 0.328. The highest BCUT2D eigenvalue weighted by Crippen LogP contribution is 2.27. The fraction of sp³-hybridized carbons (Fsp3) is 1.00. The van der Waals surface area contributed by atoms with Crippen molar-refractivity contribution in [2.75, 3.05) is 26.7 Å². The Bertz CT molecular complexity index is 136. The molecule has 1 aliphatic rings. The second kappa shape index (κ2) is 3.11.